The van der Waals surface area contributed by atoms with Gasteiger partial charge >= 0.3 is 6.03 Å². The average molecular weight is 433 g/mol. The highest BCUT2D eigenvalue weighted by Crippen LogP contribution is 2.35. The Bertz CT molecular complexity index is 1280. The van der Waals surface area contributed by atoms with E-state index in [1.54, 1.807) is 24.4 Å². The van der Waals surface area contributed by atoms with Gasteiger partial charge in [0.25, 0.3) is 5.91 Å². The standard InChI is InChI=1S/C24H20FN3O4/c25-18-8-6-17(7-9-18)24(22(30)26-23(31)27-24)14-28-13-16-5-10-19(12-20(16)21(28)29)32-11-1-2-15-3-4-15/h5-10,12-13,15,29H,3-4,11,14H2,(H2,26,27,30,31)/t24-/m0/s1. The number of aromatic hydroxyl groups is 1. The molecule has 8 heteroatoms. The molecule has 2 heterocycles. The van der Waals surface area contributed by atoms with E-state index in [0.717, 1.165) is 18.2 Å². The van der Waals surface area contributed by atoms with Crippen LogP contribution in [0.4, 0.5) is 9.18 Å². The molecule has 1 aliphatic heterocycles. The van der Waals surface area contributed by atoms with Gasteiger partial charge in [-0.15, -0.1) is 0 Å². The predicted molar refractivity (Wildman–Crippen MR) is 114 cm³/mol. The van der Waals surface area contributed by atoms with Gasteiger partial charge in [0, 0.05) is 22.9 Å². The number of rotatable bonds is 5. The maximum Gasteiger partial charge on any atom is 0.322 e. The van der Waals surface area contributed by atoms with Gasteiger partial charge in [0.05, 0.1) is 6.54 Å². The Labute approximate surface area is 183 Å². The van der Waals surface area contributed by atoms with Crippen molar-refractivity contribution in [2.45, 2.75) is 24.9 Å². The molecule has 0 spiro atoms. The summed E-state index contributed by atoms with van der Waals surface area (Å²) in [6.07, 6.45) is 3.99. The van der Waals surface area contributed by atoms with E-state index in [4.69, 9.17) is 4.74 Å². The fourth-order valence-electron chi connectivity index (χ4n) is 3.86. The second kappa shape index (κ2) is 7.61. The maximum atomic E-state index is 13.4. The number of amides is 3. The second-order valence-corrected chi connectivity index (χ2v) is 8.03. The van der Waals surface area contributed by atoms with Gasteiger partial charge in [-0.25, -0.2) is 9.18 Å². The number of fused-ring (bicyclic) bond motifs is 1. The lowest BCUT2D eigenvalue weighted by Crippen LogP contribution is -2.47. The van der Waals surface area contributed by atoms with Crippen LogP contribution in [-0.4, -0.2) is 28.2 Å². The summed E-state index contributed by atoms with van der Waals surface area (Å²) in [6.45, 7) is 0.184. The molecule has 3 N–H and O–H groups in total. The molecule has 3 amide bonds. The van der Waals surface area contributed by atoms with Gasteiger partial charge in [0.15, 0.2) is 11.4 Å². The van der Waals surface area contributed by atoms with Crippen LogP contribution in [0, 0.1) is 23.6 Å². The van der Waals surface area contributed by atoms with Gasteiger partial charge in [-0.05, 0) is 48.7 Å². The Kier molecular flexibility index (Phi) is 4.74. The second-order valence-electron chi connectivity index (χ2n) is 8.03. The van der Waals surface area contributed by atoms with E-state index in [0.29, 0.717) is 22.6 Å². The summed E-state index contributed by atoms with van der Waals surface area (Å²) < 4.78 is 20.6. The first-order valence-electron chi connectivity index (χ1n) is 10.3. The summed E-state index contributed by atoms with van der Waals surface area (Å²) in [7, 11) is 0. The van der Waals surface area contributed by atoms with Crippen LogP contribution in [0.5, 0.6) is 11.6 Å². The van der Waals surface area contributed by atoms with Gasteiger partial charge in [-0.1, -0.05) is 24.0 Å². The SMILES string of the molecule is O=C1NC(=O)[C@](Cn2cc3ccc(OCC#CC4CC4)cc3c2O)(c2ccc(F)cc2)N1. The molecule has 1 aromatic heterocycles. The van der Waals surface area contributed by atoms with Crippen molar-refractivity contribution in [1.29, 1.82) is 0 Å². The smallest absolute Gasteiger partial charge is 0.322 e. The first-order valence-corrected chi connectivity index (χ1v) is 10.3. The van der Waals surface area contributed by atoms with Crippen molar-refractivity contribution >= 4 is 22.7 Å². The van der Waals surface area contributed by atoms with Crippen LogP contribution < -0.4 is 15.4 Å². The Hall–Kier alpha value is -3.99. The third-order valence-corrected chi connectivity index (χ3v) is 5.71. The number of halogens is 1. The number of carbonyl (C=O) groups excluding carboxylic acids is 2. The lowest BCUT2D eigenvalue weighted by Gasteiger charge is -2.27. The minimum Gasteiger partial charge on any atom is -0.494 e. The largest absolute Gasteiger partial charge is 0.494 e. The minimum absolute atomic E-state index is 0.0787. The van der Waals surface area contributed by atoms with E-state index in [2.05, 4.69) is 22.5 Å². The normalized spacial score (nSPS) is 19.9. The van der Waals surface area contributed by atoms with Crippen LogP contribution >= 0.6 is 0 Å². The highest BCUT2D eigenvalue weighted by atomic mass is 19.1. The van der Waals surface area contributed by atoms with Crippen LogP contribution in [0.1, 0.15) is 18.4 Å². The monoisotopic (exact) mass is 433 g/mol. The Morgan fingerprint density at radius 1 is 1.19 bits per heavy atom. The minimum atomic E-state index is -1.49. The first kappa shape index (κ1) is 19.9. The van der Waals surface area contributed by atoms with Crippen LogP contribution in [-0.2, 0) is 16.9 Å². The third kappa shape index (κ3) is 3.62. The van der Waals surface area contributed by atoms with Crippen molar-refractivity contribution in [2.24, 2.45) is 5.92 Å². The Morgan fingerprint density at radius 3 is 2.66 bits per heavy atom. The van der Waals surface area contributed by atoms with Gasteiger partial charge in [0.1, 0.15) is 18.2 Å². The highest BCUT2D eigenvalue weighted by Gasteiger charge is 2.48. The molecular formula is C24H20FN3O4. The van der Waals surface area contributed by atoms with Crippen molar-refractivity contribution in [3.8, 4) is 23.5 Å². The number of carbonyl (C=O) groups is 2. The molecule has 0 radical (unpaired) electrons. The molecule has 7 nitrogen and oxygen atoms in total. The number of aromatic nitrogens is 1. The number of hydrogen-bond donors (Lipinski definition) is 3. The van der Waals surface area contributed by atoms with E-state index >= 15 is 0 Å². The van der Waals surface area contributed by atoms with Crippen molar-refractivity contribution in [2.75, 3.05) is 6.61 Å². The molecule has 3 aromatic rings. The molecule has 1 aliphatic carbocycles. The van der Waals surface area contributed by atoms with Crippen LogP contribution in [0.15, 0.2) is 48.7 Å². The summed E-state index contributed by atoms with van der Waals surface area (Å²) in [5, 5.41) is 17.0. The molecule has 1 atom stereocenters. The summed E-state index contributed by atoms with van der Waals surface area (Å²) in [5.41, 5.74) is -1.09. The molecule has 162 valence electrons. The summed E-state index contributed by atoms with van der Waals surface area (Å²) in [4.78, 5) is 24.7. The quantitative estimate of drug-likeness (QED) is 0.426. The predicted octanol–water partition coefficient (Wildman–Crippen LogP) is 3.01. The topological polar surface area (TPSA) is 92.6 Å². The number of benzene rings is 2. The third-order valence-electron chi connectivity index (χ3n) is 5.71. The Morgan fingerprint density at radius 2 is 1.97 bits per heavy atom. The molecule has 2 aromatic carbocycles. The van der Waals surface area contributed by atoms with Crippen molar-refractivity contribution in [1.82, 2.24) is 15.2 Å². The summed E-state index contributed by atoms with van der Waals surface area (Å²) >= 11 is 0. The molecule has 2 aliphatic rings. The van der Waals surface area contributed by atoms with E-state index in [-0.39, 0.29) is 19.0 Å². The summed E-state index contributed by atoms with van der Waals surface area (Å²) in [6, 6.07) is 9.95. The lowest BCUT2D eigenvalue weighted by atomic mass is 9.89. The van der Waals surface area contributed by atoms with Crippen molar-refractivity contribution in [3.05, 3.63) is 60.0 Å². The molecule has 0 unspecified atom stereocenters. The maximum absolute atomic E-state index is 13.4. The zero-order chi connectivity index (χ0) is 22.3. The van der Waals surface area contributed by atoms with Crippen molar-refractivity contribution < 1.29 is 23.8 Å². The average Bonchev–Trinajstić information content (AvgIpc) is 3.49. The number of ether oxygens (including phenoxy) is 1. The van der Waals surface area contributed by atoms with E-state index in [1.165, 1.54) is 28.8 Å². The number of nitrogens with zero attached hydrogens (tertiary/aromatic N) is 1. The molecule has 0 bridgehead atoms. The molecular weight excluding hydrogens is 413 g/mol. The van der Waals surface area contributed by atoms with Crippen LogP contribution in [0.2, 0.25) is 0 Å². The zero-order valence-electron chi connectivity index (χ0n) is 17.0. The van der Waals surface area contributed by atoms with E-state index < -0.39 is 23.3 Å². The fraction of sp³-hybridized carbons (Fsp3) is 0.250. The molecule has 1 saturated carbocycles. The number of nitrogens with one attached hydrogen (secondary N) is 2. The highest BCUT2D eigenvalue weighted by molar-refractivity contribution is 6.07. The van der Waals surface area contributed by atoms with Gasteiger partial charge in [-0.3, -0.25) is 10.1 Å². The van der Waals surface area contributed by atoms with Gasteiger partial charge in [0.2, 0.25) is 0 Å². The number of imide groups is 1. The Balaban J connectivity index is 1.45. The molecule has 5 rings (SSSR count). The molecule has 32 heavy (non-hydrogen) atoms. The first-order chi connectivity index (χ1) is 15.4. The van der Waals surface area contributed by atoms with Gasteiger partial charge < -0.3 is 19.7 Å². The van der Waals surface area contributed by atoms with Crippen molar-refractivity contribution in [3.63, 3.8) is 0 Å². The van der Waals surface area contributed by atoms with E-state index in [1.807, 2.05) is 0 Å². The van der Waals surface area contributed by atoms with Gasteiger partial charge in [-0.2, -0.15) is 0 Å². The fourth-order valence-corrected chi connectivity index (χ4v) is 3.86. The summed E-state index contributed by atoms with van der Waals surface area (Å²) in [5.74, 6) is 6.07. The number of urea groups is 1. The van der Waals surface area contributed by atoms with Crippen LogP contribution in [0.25, 0.3) is 10.8 Å². The molecule has 2 fully saturated rings. The lowest BCUT2D eigenvalue weighted by molar-refractivity contribution is -0.124. The zero-order valence-corrected chi connectivity index (χ0v) is 17.0. The van der Waals surface area contributed by atoms with Crippen LogP contribution in [0.3, 0.4) is 0 Å². The molecule has 1 saturated heterocycles. The van der Waals surface area contributed by atoms with E-state index in [9.17, 15) is 19.1 Å². The number of hydrogen-bond acceptors (Lipinski definition) is 4.